The predicted molar refractivity (Wildman–Crippen MR) is 84.0 cm³/mol. The van der Waals surface area contributed by atoms with Crippen molar-refractivity contribution in [2.75, 3.05) is 23.8 Å². The number of nitrogens with zero attached hydrogens (tertiary/aromatic N) is 1. The SMILES string of the molecule is CCCCN(c1cc(N)cc(OCC)c1)C(C)CC. The highest BCUT2D eigenvalue weighted by Gasteiger charge is 2.14. The lowest BCUT2D eigenvalue weighted by molar-refractivity contribution is 0.340. The van der Waals surface area contributed by atoms with Gasteiger partial charge in [-0.15, -0.1) is 0 Å². The summed E-state index contributed by atoms with van der Waals surface area (Å²) in [5.41, 5.74) is 7.93. The van der Waals surface area contributed by atoms with Gasteiger partial charge in [-0.3, -0.25) is 0 Å². The van der Waals surface area contributed by atoms with E-state index in [-0.39, 0.29) is 0 Å². The maximum atomic E-state index is 5.99. The lowest BCUT2D eigenvalue weighted by Crippen LogP contribution is -2.33. The van der Waals surface area contributed by atoms with Gasteiger partial charge in [0.05, 0.1) is 6.61 Å². The summed E-state index contributed by atoms with van der Waals surface area (Å²) >= 11 is 0. The van der Waals surface area contributed by atoms with E-state index in [0.29, 0.717) is 12.6 Å². The standard InChI is InChI=1S/C16H28N2O/c1-5-8-9-18(13(4)6-2)15-10-14(17)11-16(12-15)19-7-3/h10-13H,5-9,17H2,1-4H3. The molecule has 0 aromatic heterocycles. The molecule has 0 aliphatic rings. The fourth-order valence-corrected chi connectivity index (χ4v) is 2.17. The first-order chi connectivity index (χ1) is 9.12. The molecule has 1 atom stereocenters. The summed E-state index contributed by atoms with van der Waals surface area (Å²) in [6, 6.07) is 6.55. The molecule has 0 bridgehead atoms. The van der Waals surface area contributed by atoms with Crippen LogP contribution in [0.15, 0.2) is 18.2 Å². The molecule has 1 unspecified atom stereocenters. The number of nitrogens with two attached hydrogens (primary N) is 1. The van der Waals surface area contributed by atoms with Crippen LogP contribution < -0.4 is 15.4 Å². The Kier molecular flexibility index (Phi) is 6.54. The van der Waals surface area contributed by atoms with Crippen molar-refractivity contribution in [3.63, 3.8) is 0 Å². The second-order valence-corrected chi connectivity index (χ2v) is 5.00. The zero-order valence-corrected chi connectivity index (χ0v) is 12.8. The van der Waals surface area contributed by atoms with Crippen molar-refractivity contribution in [2.45, 2.75) is 53.0 Å². The molecule has 3 heteroatoms. The molecular formula is C16H28N2O. The van der Waals surface area contributed by atoms with Gasteiger partial charge in [0.2, 0.25) is 0 Å². The highest BCUT2D eigenvalue weighted by molar-refractivity contribution is 5.61. The summed E-state index contributed by atoms with van der Waals surface area (Å²) in [7, 11) is 0. The largest absolute Gasteiger partial charge is 0.494 e. The summed E-state index contributed by atoms with van der Waals surface area (Å²) in [5, 5.41) is 0. The second kappa shape index (κ2) is 7.93. The quantitative estimate of drug-likeness (QED) is 0.719. The fourth-order valence-electron chi connectivity index (χ4n) is 2.17. The van der Waals surface area contributed by atoms with Gasteiger partial charge >= 0.3 is 0 Å². The van der Waals surface area contributed by atoms with Crippen molar-refractivity contribution in [1.29, 1.82) is 0 Å². The van der Waals surface area contributed by atoms with Crippen molar-refractivity contribution < 1.29 is 4.74 Å². The third-order valence-electron chi connectivity index (χ3n) is 3.43. The topological polar surface area (TPSA) is 38.5 Å². The first-order valence-corrected chi connectivity index (χ1v) is 7.42. The molecule has 1 rings (SSSR count). The smallest absolute Gasteiger partial charge is 0.123 e. The van der Waals surface area contributed by atoms with E-state index in [9.17, 15) is 0 Å². The minimum absolute atomic E-state index is 0.517. The zero-order valence-electron chi connectivity index (χ0n) is 12.8. The summed E-state index contributed by atoms with van der Waals surface area (Å²) in [5.74, 6) is 0.863. The van der Waals surface area contributed by atoms with Crippen LogP contribution in [0.3, 0.4) is 0 Å². The molecule has 1 aromatic carbocycles. The average molecular weight is 264 g/mol. The van der Waals surface area contributed by atoms with Crippen LogP contribution in [0.5, 0.6) is 5.75 Å². The highest BCUT2D eigenvalue weighted by Crippen LogP contribution is 2.28. The van der Waals surface area contributed by atoms with E-state index in [2.05, 4.69) is 31.7 Å². The van der Waals surface area contributed by atoms with Crippen LogP contribution in [0.4, 0.5) is 11.4 Å². The van der Waals surface area contributed by atoms with Crippen molar-refractivity contribution >= 4 is 11.4 Å². The maximum absolute atomic E-state index is 5.99. The van der Waals surface area contributed by atoms with E-state index in [1.165, 1.54) is 18.5 Å². The normalized spacial score (nSPS) is 12.2. The highest BCUT2D eigenvalue weighted by atomic mass is 16.5. The Morgan fingerprint density at radius 3 is 2.53 bits per heavy atom. The van der Waals surface area contributed by atoms with Crippen LogP contribution in [0.2, 0.25) is 0 Å². The Morgan fingerprint density at radius 1 is 1.21 bits per heavy atom. The summed E-state index contributed by atoms with van der Waals surface area (Å²) in [6.45, 7) is 10.4. The van der Waals surface area contributed by atoms with Gasteiger partial charge in [0.25, 0.3) is 0 Å². The molecule has 19 heavy (non-hydrogen) atoms. The maximum Gasteiger partial charge on any atom is 0.123 e. The molecule has 0 amide bonds. The number of nitrogen functional groups attached to an aromatic ring is 1. The Labute approximate surface area is 117 Å². The monoisotopic (exact) mass is 264 g/mol. The van der Waals surface area contributed by atoms with Crippen LogP contribution in [0, 0.1) is 0 Å². The molecule has 1 aromatic rings. The number of hydrogen-bond donors (Lipinski definition) is 1. The molecule has 3 nitrogen and oxygen atoms in total. The van der Waals surface area contributed by atoms with Gasteiger partial charge in [0.1, 0.15) is 5.75 Å². The average Bonchev–Trinajstić information content (AvgIpc) is 2.38. The zero-order chi connectivity index (χ0) is 14.3. The molecule has 108 valence electrons. The first kappa shape index (κ1) is 15.7. The van der Waals surface area contributed by atoms with Crippen LogP contribution in [-0.2, 0) is 0 Å². The van der Waals surface area contributed by atoms with Crippen LogP contribution in [-0.4, -0.2) is 19.2 Å². The number of ether oxygens (including phenoxy) is 1. The number of hydrogen-bond acceptors (Lipinski definition) is 3. The van der Waals surface area contributed by atoms with Gasteiger partial charge in [0.15, 0.2) is 0 Å². The van der Waals surface area contributed by atoms with Gasteiger partial charge < -0.3 is 15.4 Å². The third-order valence-corrected chi connectivity index (χ3v) is 3.43. The Bertz CT molecular complexity index is 379. The number of benzene rings is 1. The van der Waals surface area contributed by atoms with Crippen LogP contribution in [0.1, 0.15) is 47.0 Å². The van der Waals surface area contributed by atoms with E-state index < -0.39 is 0 Å². The van der Waals surface area contributed by atoms with Crippen molar-refractivity contribution in [3.8, 4) is 5.75 Å². The lowest BCUT2D eigenvalue weighted by atomic mass is 10.1. The lowest BCUT2D eigenvalue weighted by Gasteiger charge is -2.31. The van der Waals surface area contributed by atoms with Crippen LogP contribution in [0.25, 0.3) is 0 Å². The van der Waals surface area contributed by atoms with Gasteiger partial charge in [-0.2, -0.15) is 0 Å². The van der Waals surface area contributed by atoms with E-state index in [4.69, 9.17) is 10.5 Å². The molecule has 0 fully saturated rings. The van der Waals surface area contributed by atoms with Gasteiger partial charge in [0, 0.05) is 36.1 Å². The Balaban J connectivity index is 2.99. The first-order valence-electron chi connectivity index (χ1n) is 7.42. The van der Waals surface area contributed by atoms with E-state index in [1.807, 2.05) is 19.1 Å². The Morgan fingerprint density at radius 2 is 1.95 bits per heavy atom. The number of anilines is 2. The number of unbranched alkanes of at least 4 members (excludes halogenated alkanes) is 1. The van der Waals surface area contributed by atoms with Crippen molar-refractivity contribution in [2.24, 2.45) is 0 Å². The molecule has 0 radical (unpaired) electrons. The van der Waals surface area contributed by atoms with E-state index in [0.717, 1.165) is 24.4 Å². The van der Waals surface area contributed by atoms with Crippen molar-refractivity contribution in [3.05, 3.63) is 18.2 Å². The van der Waals surface area contributed by atoms with Gasteiger partial charge in [-0.05, 0) is 32.8 Å². The minimum Gasteiger partial charge on any atom is -0.494 e. The molecule has 2 N–H and O–H groups in total. The van der Waals surface area contributed by atoms with E-state index in [1.54, 1.807) is 0 Å². The Hall–Kier alpha value is -1.38. The van der Waals surface area contributed by atoms with E-state index >= 15 is 0 Å². The molecule has 0 spiro atoms. The number of rotatable bonds is 8. The summed E-state index contributed by atoms with van der Waals surface area (Å²) < 4.78 is 5.59. The summed E-state index contributed by atoms with van der Waals surface area (Å²) in [6.07, 6.45) is 3.53. The second-order valence-electron chi connectivity index (χ2n) is 5.00. The fraction of sp³-hybridized carbons (Fsp3) is 0.625. The van der Waals surface area contributed by atoms with Gasteiger partial charge in [-0.25, -0.2) is 0 Å². The third kappa shape index (κ3) is 4.66. The molecule has 0 heterocycles. The van der Waals surface area contributed by atoms with Crippen molar-refractivity contribution in [1.82, 2.24) is 0 Å². The predicted octanol–water partition coefficient (Wildman–Crippen LogP) is 4.07. The molecule has 0 aliphatic heterocycles. The van der Waals surface area contributed by atoms with Gasteiger partial charge in [-0.1, -0.05) is 20.3 Å². The summed E-state index contributed by atoms with van der Waals surface area (Å²) in [4.78, 5) is 2.43. The molecular weight excluding hydrogens is 236 g/mol. The van der Waals surface area contributed by atoms with Crippen LogP contribution >= 0.6 is 0 Å². The minimum atomic E-state index is 0.517. The molecule has 0 saturated heterocycles. The molecule has 0 saturated carbocycles. The molecule has 0 aliphatic carbocycles.